The third kappa shape index (κ3) is 5.09. The van der Waals surface area contributed by atoms with Crippen molar-refractivity contribution in [2.45, 2.75) is 25.3 Å². The van der Waals surface area contributed by atoms with E-state index in [1.54, 1.807) is 21.3 Å². The molecule has 6 nitrogen and oxygen atoms in total. The fourth-order valence-corrected chi connectivity index (χ4v) is 3.36. The molecule has 0 spiro atoms. The SMILES string of the molecule is COCCCN(C)CC(=O)N1CCCC1c1ccc(OC)cc1OC. The first kappa shape index (κ1) is 19.5. The molecule has 1 aliphatic heterocycles. The number of carbonyl (C=O) groups excluding carboxylic acids is 1. The third-order valence-corrected chi connectivity index (χ3v) is 4.67. The Hall–Kier alpha value is -1.79. The summed E-state index contributed by atoms with van der Waals surface area (Å²) in [5.74, 6) is 1.70. The molecule has 1 heterocycles. The summed E-state index contributed by atoms with van der Waals surface area (Å²) in [6.45, 7) is 2.79. The Morgan fingerprint density at radius 3 is 2.76 bits per heavy atom. The molecule has 1 amide bonds. The second-order valence-electron chi connectivity index (χ2n) is 6.44. The summed E-state index contributed by atoms with van der Waals surface area (Å²) in [5.41, 5.74) is 1.05. The average Bonchev–Trinajstić information content (AvgIpc) is 3.11. The van der Waals surface area contributed by atoms with Crippen LogP contribution in [-0.4, -0.2) is 70.3 Å². The van der Waals surface area contributed by atoms with E-state index in [1.165, 1.54) is 0 Å². The van der Waals surface area contributed by atoms with E-state index in [4.69, 9.17) is 14.2 Å². The van der Waals surface area contributed by atoms with E-state index in [-0.39, 0.29) is 11.9 Å². The summed E-state index contributed by atoms with van der Waals surface area (Å²) >= 11 is 0. The highest BCUT2D eigenvalue weighted by atomic mass is 16.5. The number of hydrogen-bond donors (Lipinski definition) is 0. The van der Waals surface area contributed by atoms with Crippen LogP contribution in [0, 0.1) is 0 Å². The van der Waals surface area contributed by atoms with Gasteiger partial charge >= 0.3 is 0 Å². The Labute approximate surface area is 150 Å². The molecule has 0 bridgehead atoms. The lowest BCUT2D eigenvalue weighted by molar-refractivity contribution is -0.133. The van der Waals surface area contributed by atoms with Crippen molar-refractivity contribution < 1.29 is 19.0 Å². The van der Waals surface area contributed by atoms with Crippen molar-refractivity contribution in [3.05, 3.63) is 23.8 Å². The smallest absolute Gasteiger partial charge is 0.237 e. The van der Waals surface area contributed by atoms with Gasteiger partial charge in [-0.05, 0) is 38.4 Å². The lowest BCUT2D eigenvalue weighted by atomic mass is 10.0. The maximum absolute atomic E-state index is 12.8. The van der Waals surface area contributed by atoms with Crippen LogP contribution < -0.4 is 9.47 Å². The number of carbonyl (C=O) groups is 1. The first-order chi connectivity index (χ1) is 12.1. The molecule has 0 saturated carbocycles. The standard InChI is InChI=1S/C19H30N2O4/c1-20(10-6-12-23-2)14-19(22)21-11-5-7-17(21)16-9-8-15(24-3)13-18(16)25-4/h8-9,13,17H,5-7,10-12,14H2,1-4H3. The van der Waals surface area contributed by atoms with Crippen LogP contribution in [0.5, 0.6) is 11.5 Å². The highest BCUT2D eigenvalue weighted by molar-refractivity contribution is 5.79. The molecule has 25 heavy (non-hydrogen) atoms. The number of nitrogens with zero attached hydrogens (tertiary/aromatic N) is 2. The summed E-state index contributed by atoms with van der Waals surface area (Å²) in [7, 11) is 6.97. The van der Waals surface area contributed by atoms with Gasteiger partial charge in [-0.15, -0.1) is 0 Å². The molecule has 1 aromatic carbocycles. The minimum absolute atomic E-state index is 0.0701. The van der Waals surface area contributed by atoms with Crippen LogP contribution in [0.4, 0.5) is 0 Å². The fourth-order valence-electron chi connectivity index (χ4n) is 3.36. The molecular weight excluding hydrogens is 320 g/mol. The van der Waals surface area contributed by atoms with Crippen molar-refractivity contribution in [1.82, 2.24) is 9.80 Å². The van der Waals surface area contributed by atoms with Crippen LogP contribution in [0.1, 0.15) is 30.9 Å². The Morgan fingerprint density at radius 2 is 2.08 bits per heavy atom. The molecule has 6 heteroatoms. The van der Waals surface area contributed by atoms with Crippen LogP contribution in [0.25, 0.3) is 0 Å². The van der Waals surface area contributed by atoms with Crippen LogP contribution in [0.2, 0.25) is 0 Å². The van der Waals surface area contributed by atoms with Gasteiger partial charge in [0.1, 0.15) is 11.5 Å². The zero-order chi connectivity index (χ0) is 18.2. The molecule has 1 aliphatic rings. The van der Waals surface area contributed by atoms with Crippen LogP contribution in [-0.2, 0) is 9.53 Å². The topological polar surface area (TPSA) is 51.2 Å². The minimum atomic E-state index is 0.0701. The van der Waals surface area contributed by atoms with Gasteiger partial charge < -0.3 is 19.1 Å². The lowest BCUT2D eigenvalue weighted by Crippen LogP contribution is -2.39. The zero-order valence-electron chi connectivity index (χ0n) is 15.8. The maximum atomic E-state index is 12.8. The first-order valence-electron chi connectivity index (χ1n) is 8.79. The van der Waals surface area contributed by atoms with Crippen LogP contribution >= 0.6 is 0 Å². The fraction of sp³-hybridized carbons (Fsp3) is 0.632. The molecule has 0 aliphatic carbocycles. The summed E-state index contributed by atoms with van der Waals surface area (Å²) in [5, 5.41) is 0. The van der Waals surface area contributed by atoms with Crippen LogP contribution in [0.15, 0.2) is 18.2 Å². The number of ether oxygens (including phenoxy) is 3. The van der Waals surface area contributed by atoms with Crippen molar-refractivity contribution in [2.75, 3.05) is 54.6 Å². The van der Waals surface area contributed by atoms with Crippen molar-refractivity contribution in [3.63, 3.8) is 0 Å². The molecule has 1 fully saturated rings. The van der Waals surface area contributed by atoms with E-state index in [2.05, 4.69) is 4.90 Å². The molecule has 1 atom stereocenters. The van der Waals surface area contributed by atoms with Crippen molar-refractivity contribution in [3.8, 4) is 11.5 Å². The monoisotopic (exact) mass is 350 g/mol. The van der Waals surface area contributed by atoms with Gasteiger partial charge in [0.05, 0.1) is 26.8 Å². The molecular formula is C19H30N2O4. The molecule has 0 radical (unpaired) electrons. The van der Waals surface area contributed by atoms with Crippen molar-refractivity contribution in [2.24, 2.45) is 0 Å². The van der Waals surface area contributed by atoms with Gasteiger partial charge in [-0.1, -0.05) is 0 Å². The molecule has 0 N–H and O–H groups in total. The number of likely N-dealkylation sites (tertiary alicyclic amines) is 1. The van der Waals surface area contributed by atoms with Gasteiger partial charge in [-0.3, -0.25) is 9.69 Å². The molecule has 1 unspecified atom stereocenters. The highest BCUT2D eigenvalue weighted by Crippen LogP contribution is 2.38. The van der Waals surface area contributed by atoms with Crippen molar-refractivity contribution in [1.29, 1.82) is 0 Å². The quantitative estimate of drug-likeness (QED) is 0.640. The molecule has 140 valence electrons. The summed E-state index contributed by atoms with van der Waals surface area (Å²) in [6.07, 6.45) is 2.90. The average molecular weight is 350 g/mol. The van der Waals surface area contributed by atoms with E-state index >= 15 is 0 Å². The predicted molar refractivity (Wildman–Crippen MR) is 97.2 cm³/mol. The van der Waals surface area contributed by atoms with Gasteiger partial charge in [0.2, 0.25) is 5.91 Å². The second kappa shape index (κ2) is 9.63. The van der Waals surface area contributed by atoms with Gasteiger partial charge in [0, 0.05) is 38.4 Å². The number of amides is 1. The number of benzene rings is 1. The Bertz CT molecular complexity index is 564. The summed E-state index contributed by atoms with van der Waals surface area (Å²) in [6, 6.07) is 5.89. The molecule has 1 aromatic rings. The lowest BCUT2D eigenvalue weighted by Gasteiger charge is -2.28. The highest BCUT2D eigenvalue weighted by Gasteiger charge is 2.32. The maximum Gasteiger partial charge on any atom is 0.237 e. The third-order valence-electron chi connectivity index (χ3n) is 4.67. The van der Waals surface area contributed by atoms with E-state index in [0.29, 0.717) is 13.2 Å². The van der Waals surface area contributed by atoms with Gasteiger partial charge in [0.25, 0.3) is 0 Å². The number of hydrogen-bond acceptors (Lipinski definition) is 5. The second-order valence-corrected chi connectivity index (χ2v) is 6.44. The van der Waals surface area contributed by atoms with E-state index in [9.17, 15) is 4.79 Å². The predicted octanol–water partition coefficient (Wildman–Crippen LogP) is 2.34. The van der Waals surface area contributed by atoms with Crippen LogP contribution in [0.3, 0.4) is 0 Å². The number of likely N-dealkylation sites (N-methyl/N-ethyl adjacent to an activating group) is 1. The summed E-state index contributed by atoms with van der Waals surface area (Å²) < 4.78 is 15.9. The Kier molecular flexibility index (Phi) is 7.52. The number of rotatable bonds is 9. The van der Waals surface area contributed by atoms with E-state index < -0.39 is 0 Å². The number of methoxy groups -OCH3 is 3. The van der Waals surface area contributed by atoms with Crippen molar-refractivity contribution >= 4 is 5.91 Å². The zero-order valence-corrected chi connectivity index (χ0v) is 15.8. The van der Waals surface area contributed by atoms with Gasteiger partial charge in [-0.2, -0.15) is 0 Å². The molecule has 0 aromatic heterocycles. The largest absolute Gasteiger partial charge is 0.497 e. The molecule has 1 saturated heterocycles. The normalized spacial score (nSPS) is 17.2. The Morgan fingerprint density at radius 1 is 1.28 bits per heavy atom. The van der Waals surface area contributed by atoms with Gasteiger partial charge in [-0.25, -0.2) is 0 Å². The molecule has 2 rings (SSSR count). The minimum Gasteiger partial charge on any atom is -0.497 e. The first-order valence-corrected chi connectivity index (χ1v) is 8.79. The van der Waals surface area contributed by atoms with E-state index in [0.717, 1.165) is 49.4 Å². The van der Waals surface area contributed by atoms with E-state index in [1.807, 2.05) is 30.1 Å². The van der Waals surface area contributed by atoms with Gasteiger partial charge in [0.15, 0.2) is 0 Å². The Balaban J connectivity index is 2.05. The summed E-state index contributed by atoms with van der Waals surface area (Å²) in [4.78, 5) is 16.8.